The van der Waals surface area contributed by atoms with Crippen molar-refractivity contribution in [2.75, 3.05) is 18.5 Å². The van der Waals surface area contributed by atoms with Gasteiger partial charge in [0.2, 0.25) is 0 Å². The Morgan fingerprint density at radius 1 is 1.05 bits per heavy atom. The minimum Gasteiger partial charge on any atom is -0.464 e. The van der Waals surface area contributed by atoms with Gasteiger partial charge in [0.25, 0.3) is 0 Å². The van der Waals surface area contributed by atoms with Gasteiger partial charge in [-0.2, -0.15) is 0 Å². The zero-order valence-electron chi connectivity index (χ0n) is 12.8. The highest BCUT2D eigenvalue weighted by molar-refractivity contribution is 5.90. The Labute approximate surface area is 125 Å². The fourth-order valence-electron chi connectivity index (χ4n) is 1.90. The topological polar surface area (TPSA) is 64.6 Å². The summed E-state index contributed by atoms with van der Waals surface area (Å²) >= 11 is 0. The van der Waals surface area contributed by atoms with Crippen LogP contribution >= 0.6 is 0 Å². The highest BCUT2D eigenvalue weighted by Crippen LogP contribution is 2.14. The molecule has 0 saturated carbocycles. The van der Waals surface area contributed by atoms with E-state index in [4.69, 9.17) is 9.47 Å². The SMILES string of the molecule is CCC[C@H](Nc1ccc(C(=O)OCC)cc1)C(=O)OCC. The van der Waals surface area contributed by atoms with Crippen LogP contribution in [0.15, 0.2) is 24.3 Å². The van der Waals surface area contributed by atoms with Crippen molar-refractivity contribution in [2.45, 2.75) is 39.7 Å². The molecule has 0 aliphatic heterocycles. The Bertz CT molecular complexity index is 456. The summed E-state index contributed by atoms with van der Waals surface area (Å²) in [5.41, 5.74) is 1.26. The quantitative estimate of drug-likeness (QED) is 0.746. The Morgan fingerprint density at radius 2 is 1.67 bits per heavy atom. The van der Waals surface area contributed by atoms with Gasteiger partial charge in [0.1, 0.15) is 6.04 Å². The first-order valence-corrected chi connectivity index (χ1v) is 7.32. The zero-order chi connectivity index (χ0) is 15.7. The summed E-state index contributed by atoms with van der Waals surface area (Å²) in [5, 5.41) is 3.14. The van der Waals surface area contributed by atoms with Gasteiger partial charge in [-0.3, -0.25) is 0 Å². The van der Waals surface area contributed by atoms with E-state index in [2.05, 4.69) is 5.32 Å². The number of benzene rings is 1. The van der Waals surface area contributed by atoms with Crippen molar-refractivity contribution in [3.63, 3.8) is 0 Å². The third-order valence-electron chi connectivity index (χ3n) is 2.89. The van der Waals surface area contributed by atoms with Crippen molar-refractivity contribution in [1.29, 1.82) is 0 Å². The molecule has 0 bridgehead atoms. The molecule has 0 saturated heterocycles. The number of esters is 2. The monoisotopic (exact) mass is 293 g/mol. The summed E-state index contributed by atoms with van der Waals surface area (Å²) in [4.78, 5) is 23.4. The van der Waals surface area contributed by atoms with E-state index in [1.54, 1.807) is 38.1 Å². The number of hydrogen-bond acceptors (Lipinski definition) is 5. The Morgan fingerprint density at radius 3 is 2.19 bits per heavy atom. The molecule has 1 atom stereocenters. The predicted octanol–water partition coefficient (Wildman–Crippen LogP) is 3.01. The molecule has 116 valence electrons. The van der Waals surface area contributed by atoms with Crippen LogP contribution in [0.25, 0.3) is 0 Å². The Hall–Kier alpha value is -2.04. The molecule has 1 rings (SSSR count). The first-order valence-electron chi connectivity index (χ1n) is 7.32. The van der Waals surface area contributed by atoms with Crippen LogP contribution in [0.1, 0.15) is 44.0 Å². The molecule has 0 amide bonds. The lowest BCUT2D eigenvalue weighted by molar-refractivity contribution is -0.144. The highest BCUT2D eigenvalue weighted by Gasteiger charge is 2.18. The standard InChI is InChI=1S/C16H23NO4/c1-4-7-14(16(19)21-6-3)17-13-10-8-12(9-11-13)15(18)20-5-2/h8-11,14,17H,4-7H2,1-3H3/t14-/m0/s1. The molecule has 5 heteroatoms. The van der Waals surface area contributed by atoms with Crippen LogP contribution in [0.4, 0.5) is 5.69 Å². The number of carbonyl (C=O) groups is 2. The smallest absolute Gasteiger partial charge is 0.338 e. The van der Waals surface area contributed by atoms with E-state index in [0.717, 1.165) is 12.1 Å². The Balaban J connectivity index is 2.71. The second-order valence-electron chi connectivity index (χ2n) is 4.54. The van der Waals surface area contributed by atoms with E-state index in [1.165, 1.54) is 0 Å². The lowest BCUT2D eigenvalue weighted by atomic mass is 10.1. The summed E-state index contributed by atoms with van der Waals surface area (Å²) in [5.74, 6) is -0.603. The number of carbonyl (C=O) groups excluding carboxylic acids is 2. The summed E-state index contributed by atoms with van der Waals surface area (Å²) in [6.45, 7) is 6.28. The molecular weight excluding hydrogens is 270 g/mol. The maximum Gasteiger partial charge on any atom is 0.338 e. The zero-order valence-corrected chi connectivity index (χ0v) is 12.8. The lowest BCUT2D eigenvalue weighted by Crippen LogP contribution is -2.31. The summed E-state index contributed by atoms with van der Waals surface area (Å²) < 4.78 is 9.97. The molecule has 1 aromatic rings. The van der Waals surface area contributed by atoms with Crippen LogP contribution in [0.5, 0.6) is 0 Å². The van der Waals surface area contributed by atoms with Gasteiger partial charge in [0.15, 0.2) is 0 Å². The van der Waals surface area contributed by atoms with Gasteiger partial charge in [-0.1, -0.05) is 13.3 Å². The lowest BCUT2D eigenvalue weighted by Gasteiger charge is -2.17. The second kappa shape index (κ2) is 9.00. The third kappa shape index (κ3) is 5.45. The van der Waals surface area contributed by atoms with Crippen molar-refractivity contribution >= 4 is 17.6 Å². The van der Waals surface area contributed by atoms with Crippen LogP contribution in [0, 0.1) is 0 Å². The second-order valence-corrected chi connectivity index (χ2v) is 4.54. The van der Waals surface area contributed by atoms with Crippen LogP contribution in [-0.2, 0) is 14.3 Å². The first-order chi connectivity index (χ1) is 10.1. The van der Waals surface area contributed by atoms with Gasteiger partial charge in [-0.15, -0.1) is 0 Å². The minimum atomic E-state index is -0.372. The van der Waals surface area contributed by atoms with Gasteiger partial charge >= 0.3 is 11.9 Å². The average molecular weight is 293 g/mol. The van der Waals surface area contributed by atoms with Gasteiger partial charge in [-0.25, -0.2) is 9.59 Å². The summed E-state index contributed by atoms with van der Waals surface area (Å²) in [7, 11) is 0. The van der Waals surface area contributed by atoms with Crippen LogP contribution in [0.3, 0.4) is 0 Å². The molecule has 0 aliphatic carbocycles. The van der Waals surface area contributed by atoms with Crippen LogP contribution < -0.4 is 5.32 Å². The molecule has 1 aromatic carbocycles. The molecule has 0 aromatic heterocycles. The number of nitrogens with one attached hydrogen (secondary N) is 1. The average Bonchev–Trinajstić information content (AvgIpc) is 2.48. The predicted molar refractivity (Wildman–Crippen MR) is 81.4 cm³/mol. The molecule has 21 heavy (non-hydrogen) atoms. The molecule has 0 fully saturated rings. The number of ether oxygens (including phenoxy) is 2. The van der Waals surface area contributed by atoms with Crippen LogP contribution in [-0.4, -0.2) is 31.2 Å². The fraction of sp³-hybridized carbons (Fsp3) is 0.500. The van der Waals surface area contributed by atoms with E-state index >= 15 is 0 Å². The van der Waals surface area contributed by atoms with Gasteiger partial charge < -0.3 is 14.8 Å². The highest BCUT2D eigenvalue weighted by atomic mass is 16.5. The molecule has 1 N–H and O–H groups in total. The maximum absolute atomic E-state index is 11.8. The maximum atomic E-state index is 11.8. The van der Waals surface area contributed by atoms with Crippen molar-refractivity contribution in [3.05, 3.63) is 29.8 Å². The summed E-state index contributed by atoms with van der Waals surface area (Å²) in [6, 6.07) is 6.49. The van der Waals surface area contributed by atoms with Crippen molar-refractivity contribution in [1.82, 2.24) is 0 Å². The van der Waals surface area contributed by atoms with E-state index in [1.807, 2.05) is 6.92 Å². The normalized spacial score (nSPS) is 11.6. The van der Waals surface area contributed by atoms with Crippen molar-refractivity contribution in [2.24, 2.45) is 0 Å². The molecule has 0 heterocycles. The molecular formula is C16H23NO4. The van der Waals surface area contributed by atoms with E-state index in [0.29, 0.717) is 25.2 Å². The van der Waals surface area contributed by atoms with Gasteiger partial charge in [0, 0.05) is 5.69 Å². The van der Waals surface area contributed by atoms with E-state index < -0.39 is 0 Å². The number of anilines is 1. The number of rotatable bonds is 8. The number of hydrogen-bond donors (Lipinski definition) is 1. The minimum absolute atomic E-state index is 0.256. The molecule has 5 nitrogen and oxygen atoms in total. The molecule has 0 spiro atoms. The largest absolute Gasteiger partial charge is 0.464 e. The third-order valence-corrected chi connectivity index (χ3v) is 2.89. The molecule has 0 unspecified atom stereocenters. The Kier molecular flexibility index (Phi) is 7.29. The summed E-state index contributed by atoms with van der Waals surface area (Å²) in [6.07, 6.45) is 1.57. The van der Waals surface area contributed by atoms with Gasteiger partial charge in [0.05, 0.1) is 18.8 Å². The van der Waals surface area contributed by atoms with Crippen molar-refractivity contribution < 1.29 is 19.1 Å². The van der Waals surface area contributed by atoms with Gasteiger partial charge in [-0.05, 0) is 44.5 Å². The van der Waals surface area contributed by atoms with Crippen LogP contribution in [0.2, 0.25) is 0 Å². The molecule has 0 radical (unpaired) electrons. The first kappa shape index (κ1) is 17.0. The molecule has 0 aliphatic rings. The van der Waals surface area contributed by atoms with Crippen molar-refractivity contribution in [3.8, 4) is 0 Å². The fourth-order valence-corrected chi connectivity index (χ4v) is 1.90. The van der Waals surface area contributed by atoms with E-state index in [-0.39, 0.29) is 18.0 Å². The van der Waals surface area contributed by atoms with E-state index in [9.17, 15) is 9.59 Å².